The number of benzene rings is 3. The summed E-state index contributed by atoms with van der Waals surface area (Å²) in [6.45, 7) is 0. The van der Waals surface area contributed by atoms with E-state index in [-0.39, 0.29) is 5.91 Å². The third-order valence-corrected chi connectivity index (χ3v) is 4.04. The lowest BCUT2D eigenvalue weighted by molar-refractivity contribution is 0.0965. The molecule has 0 aliphatic carbocycles. The molecule has 23 heavy (non-hydrogen) atoms. The van der Waals surface area contributed by atoms with Crippen LogP contribution in [0.3, 0.4) is 0 Å². The number of fused-ring (bicyclic) bond motifs is 1. The van der Waals surface area contributed by atoms with Gasteiger partial charge in [0, 0.05) is 22.7 Å². The van der Waals surface area contributed by atoms with E-state index < -0.39 is 0 Å². The summed E-state index contributed by atoms with van der Waals surface area (Å²) in [6.07, 6.45) is 1.85. The fourth-order valence-electron chi connectivity index (χ4n) is 2.93. The number of hydrogen-bond acceptors (Lipinski definition) is 1. The zero-order valence-electron chi connectivity index (χ0n) is 12.5. The Kier molecular flexibility index (Phi) is 3.28. The van der Waals surface area contributed by atoms with E-state index in [1.54, 1.807) is 4.57 Å². The molecular formula is C21H15NO. The normalized spacial score (nSPS) is 10.8. The Hall–Kier alpha value is -3.13. The zero-order chi connectivity index (χ0) is 15.6. The van der Waals surface area contributed by atoms with E-state index in [4.69, 9.17) is 0 Å². The van der Waals surface area contributed by atoms with E-state index in [9.17, 15) is 4.79 Å². The highest BCUT2D eigenvalue weighted by atomic mass is 16.2. The summed E-state index contributed by atoms with van der Waals surface area (Å²) in [5.41, 5.74) is 3.82. The molecule has 4 aromatic rings. The summed E-state index contributed by atoms with van der Waals surface area (Å²) in [4.78, 5) is 12.9. The summed E-state index contributed by atoms with van der Waals surface area (Å²) >= 11 is 0. The molecule has 110 valence electrons. The van der Waals surface area contributed by atoms with Crippen molar-refractivity contribution in [2.45, 2.75) is 0 Å². The molecule has 0 aliphatic heterocycles. The van der Waals surface area contributed by atoms with Crippen molar-refractivity contribution in [3.63, 3.8) is 0 Å². The Morgan fingerprint density at radius 3 is 2.13 bits per heavy atom. The van der Waals surface area contributed by atoms with Gasteiger partial charge in [0.2, 0.25) is 0 Å². The molecule has 0 saturated heterocycles. The molecule has 0 aliphatic rings. The second-order valence-electron chi connectivity index (χ2n) is 5.47. The highest BCUT2D eigenvalue weighted by molar-refractivity contribution is 6.06. The van der Waals surface area contributed by atoms with E-state index in [0.29, 0.717) is 5.56 Å². The van der Waals surface area contributed by atoms with Crippen molar-refractivity contribution in [1.82, 2.24) is 4.57 Å². The minimum atomic E-state index is -0.0102. The van der Waals surface area contributed by atoms with Crippen LogP contribution in [0, 0.1) is 0 Å². The van der Waals surface area contributed by atoms with Gasteiger partial charge in [0.25, 0.3) is 5.91 Å². The largest absolute Gasteiger partial charge is 0.283 e. The smallest absolute Gasteiger partial charge is 0.262 e. The van der Waals surface area contributed by atoms with Crippen LogP contribution in [-0.4, -0.2) is 10.5 Å². The number of nitrogens with zero attached hydrogens (tertiary/aromatic N) is 1. The highest BCUT2D eigenvalue weighted by Gasteiger charge is 2.14. The minimum absolute atomic E-state index is 0.0102. The van der Waals surface area contributed by atoms with Gasteiger partial charge in [0.15, 0.2) is 0 Å². The van der Waals surface area contributed by atoms with Gasteiger partial charge in [-0.25, -0.2) is 0 Å². The number of rotatable bonds is 2. The fraction of sp³-hybridized carbons (Fsp3) is 0. The predicted octanol–water partition coefficient (Wildman–Crippen LogP) is 5.00. The summed E-state index contributed by atoms with van der Waals surface area (Å²) < 4.78 is 1.74. The van der Waals surface area contributed by atoms with Gasteiger partial charge >= 0.3 is 0 Å². The van der Waals surface area contributed by atoms with Crippen LogP contribution in [0.15, 0.2) is 91.1 Å². The standard InChI is InChI=1S/C21H15NO/c23-21(18-10-5-2-6-11-18)22-15-14-17-12-7-13-19(20(17)22)16-8-3-1-4-9-16/h1-15H. The molecule has 0 radical (unpaired) electrons. The van der Waals surface area contributed by atoms with E-state index in [1.165, 1.54) is 0 Å². The van der Waals surface area contributed by atoms with Crippen molar-refractivity contribution in [2.75, 3.05) is 0 Å². The topological polar surface area (TPSA) is 22.0 Å². The molecule has 2 heteroatoms. The first-order chi connectivity index (χ1) is 11.3. The van der Waals surface area contributed by atoms with Crippen molar-refractivity contribution in [1.29, 1.82) is 0 Å². The van der Waals surface area contributed by atoms with Gasteiger partial charge in [-0.2, -0.15) is 0 Å². The van der Waals surface area contributed by atoms with Gasteiger partial charge < -0.3 is 0 Å². The van der Waals surface area contributed by atoms with Crippen LogP contribution in [0.4, 0.5) is 0 Å². The lowest BCUT2D eigenvalue weighted by atomic mass is 10.0. The molecule has 0 N–H and O–H groups in total. The Labute approximate surface area is 134 Å². The van der Waals surface area contributed by atoms with Crippen LogP contribution in [-0.2, 0) is 0 Å². The average molecular weight is 297 g/mol. The van der Waals surface area contributed by atoms with E-state index in [2.05, 4.69) is 18.2 Å². The first-order valence-electron chi connectivity index (χ1n) is 7.60. The molecule has 1 heterocycles. The molecule has 0 atom stereocenters. The molecule has 4 rings (SSSR count). The van der Waals surface area contributed by atoms with E-state index in [1.807, 2.05) is 72.9 Å². The van der Waals surface area contributed by atoms with Crippen molar-refractivity contribution in [2.24, 2.45) is 0 Å². The second kappa shape index (κ2) is 5.58. The number of aromatic nitrogens is 1. The van der Waals surface area contributed by atoms with Crippen molar-refractivity contribution < 1.29 is 4.79 Å². The first kappa shape index (κ1) is 13.5. The second-order valence-corrected chi connectivity index (χ2v) is 5.47. The zero-order valence-corrected chi connectivity index (χ0v) is 12.5. The quantitative estimate of drug-likeness (QED) is 0.510. The van der Waals surface area contributed by atoms with Crippen LogP contribution in [0.1, 0.15) is 10.4 Å². The van der Waals surface area contributed by atoms with Crippen molar-refractivity contribution in [3.05, 3.63) is 96.7 Å². The predicted molar refractivity (Wildman–Crippen MR) is 93.5 cm³/mol. The van der Waals surface area contributed by atoms with E-state index >= 15 is 0 Å². The summed E-state index contributed by atoms with van der Waals surface area (Å²) in [6, 6.07) is 27.7. The Morgan fingerprint density at radius 1 is 0.696 bits per heavy atom. The van der Waals surface area contributed by atoms with Gasteiger partial charge in [0.05, 0.1) is 5.52 Å². The molecule has 1 aromatic heterocycles. The molecule has 0 fully saturated rings. The summed E-state index contributed by atoms with van der Waals surface area (Å²) in [5, 5.41) is 1.07. The Bertz CT molecular complexity index is 969. The average Bonchev–Trinajstić information content (AvgIpc) is 3.07. The lowest BCUT2D eigenvalue weighted by Gasteiger charge is -2.09. The molecule has 0 spiro atoms. The third kappa shape index (κ3) is 2.34. The molecule has 0 saturated carbocycles. The lowest BCUT2D eigenvalue weighted by Crippen LogP contribution is -2.10. The molecule has 0 amide bonds. The molecule has 3 aromatic carbocycles. The Morgan fingerprint density at radius 2 is 1.39 bits per heavy atom. The van der Waals surface area contributed by atoms with Crippen molar-refractivity contribution >= 4 is 16.8 Å². The fourth-order valence-corrected chi connectivity index (χ4v) is 2.93. The van der Waals surface area contributed by atoms with Crippen LogP contribution in [0.5, 0.6) is 0 Å². The molecular weight excluding hydrogens is 282 g/mol. The van der Waals surface area contributed by atoms with Gasteiger partial charge in [-0.3, -0.25) is 9.36 Å². The minimum Gasteiger partial charge on any atom is -0.283 e. The number of carbonyl (C=O) groups is 1. The maximum Gasteiger partial charge on any atom is 0.262 e. The molecule has 0 bridgehead atoms. The van der Waals surface area contributed by atoms with Crippen molar-refractivity contribution in [3.8, 4) is 11.1 Å². The van der Waals surface area contributed by atoms with Gasteiger partial charge in [-0.15, -0.1) is 0 Å². The number of carbonyl (C=O) groups excluding carboxylic acids is 1. The number of hydrogen-bond donors (Lipinski definition) is 0. The molecule has 0 unspecified atom stereocenters. The first-order valence-corrected chi connectivity index (χ1v) is 7.60. The van der Waals surface area contributed by atoms with Crippen LogP contribution in [0.2, 0.25) is 0 Å². The summed E-state index contributed by atoms with van der Waals surface area (Å²) in [7, 11) is 0. The maximum atomic E-state index is 12.9. The maximum absolute atomic E-state index is 12.9. The Balaban J connectivity index is 1.94. The number of para-hydroxylation sites is 1. The summed E-state index contributed by atoms with van der Waals surface area (Å²) in [5.74, 6) is -0.0102. The van der Waals surface area contributed by atoms with Gasteiger partial charge in [-0.1, -0.05) is 66.7 Å². The van der Waals surface area contributed by atoms with Crippen LogP contribution < -0.4 is 0 Å². The van der Waals surface area contributed by atoms with Gasteiger partial charge in [-0.05, 0) is 23.8 Å². The monoisotopic (exact) mass is 297 g/mol. The van der Waals surface area contributed by atoms with E-state index in [0.717, 1.165) is 22.0 Å². The van der Waals surface area contributed by atoms with Crippen LogP contribution >= 0.6 is 0 Å². The van der Waals surface area contributed by atoms with Crippen LogP contribution in [0.25, 0.3) is 22.0 Å². The SMILES string of the molecule is O=C(c1ccccc1)n1ccc2cccc(-c3ccccc3)c21. The highest BCUT2D eigenvalue weighted by Crippen LogP contribution is 2.29. The van der Waals surface area contributed by atoms with Gasteiger partial charge in [0.1, 0.15) is 0 Å². The molecule has 2 nitrogen and oxygen atoms in total. The third-order valence-electron chi connectivity index (χ3n) is 4.04.